The Bertz CT molecular complexity index is 617. The Labute approximate surface area is 135 Å². The van der Waals surface area contributed by atoms with Crippen molar-refractivity contribution >= 4 is 5.97 Å². The number of nitrogens with zero attached hydrogens (tertiary/aromatic N) is 1. The number of benzene rings is 2. The molecule has 1 fully saturated rings. The molecule has 1 saturated heterocycles. The first-order valence-corrected chi connectivity index (χ1v) is 7.61. The molecule has 23 heavy (non-hydrogen) atoms. The lowest BCUT2D eigenvalue weighted by Gasteiger charge is -2.31. The zero-order valence-electron chi connectivity index (χ0n) is 12.8. The topological polar surface area (TPSA) is 48.0 Å². The van der Waals surface area contributed by atoms with Gasteiger partial charge in [-0.15, -0.1) is 5.06 Å². The first kappa shape index (κ1) is 15.7. The van der Waals surface area contributed by atoms with Crippen LogP contribution < -0.4 is 0 Å². The summed E-state index contributed by atoms with van der Waals surface area (Å²) in [6.45, 7) is 1.85. The number of ether oxygens (including phenoxy) is 2. The monoisotopic (exact) mass is 313 g/mol. The highest BCUT2D eigenvalue weighted by Crippen LogP contribution is 2.12. The van der Waals surface area contributed by atoms with Gasteiger partial charge in [-0.2, -0.15) is 0 Å². The summed E-state index contributed by atoms with van der Waals surface area (Å²) in [4.78, 5) is 17.4. The SMILES string of the molecule is O=C(ON1CCOC(OCc2ccccc2)C1)c1ccccc1. The van der Waals surface area contributed by atoms with Gasteiger partial charge in [-0.3, -0.25) is 0 Å². The molecule has 120 valence electrons. The maximum atomic E-state index is 12.1. The second-order valence-electron chi connectivity index (χ2n) is 5.23. The fraction of sp³-hybridized carbons (Fsp3) is 0.278. The van der Waals surface area contributed by atoms with Gasteiger partial charge in [-0.05, 0) is 17.7 Å². The van der Waals surface area contributed by atoms with E-state index in [2.05, 4.69) is 0 Å². The van der Waals surface area contributed by atoms with Gasteiger partial charge in [0.15, 0.2) is 6.29 Å². The molecule has 1 unspecified atom stereocenters. The van der Waals surface area contributed by atoms with Gasteiger partial charge < -0.3 is 14.3 Å². The van der Waals surface area contributed by atoms with E-state index in [-0.39, 0.29) is 5.97 Å². The Morgan fingerprint density at radius 2 is 1.78 bits per heavy atom. The van der Waals surface area contributed by atoms with Crippen molar-refractivity contribution in [1.29, 1.82) is 0 Å². The number of rotatable bonds is 5. The van der Waals surface area contributed by atoms with E-state index in [9.17, 15) is 4.79 Å². The molecular formula is C18H19NO4. The molecule has 0 saturated carbocycles. The number of hydrogen-bond acceptors (Lipinski definition) is 5. The van der Waals surface area contributed by atoms with Crippen LogP contribution in [0.1, 0.15) is 15.9 Å². The summed E-state index contributed by atoms with van der Waals surface area (Å²) in [5.74, 6) is -0.366. The summed E-state index contributed by atoms with van der Waals surface area (Å²) in [5, 5.41) is 1.59. The first-order chi connectivity index (χ1) is 11.3. The zero-order chi connectivity index (χ0) is 15.9. The number of carbonyl (C=O) groups excluding carboxylic acids is 1. The van der Waals surface area contributed by atoms with Gasteiger partial charge in [0.2, 0.25) is 0 Å². The average molecular weight is 313 g/mol. The van der Waals surface area contributed by atoms with E-state index in [1.165, 1.54) is 0 Å². The summed E-state index contributed by atoms with van der Waals surface area (Å²) >= 11 is 0. The zero-order valence-corrected chi connectivity index (χ0v) is 12.8. The number of hydroxylamine groups is 2. The number of morpholine rings is 1. The van der Waals surface area contributed by atoms with Gasteiger partial charge >= 0.3 is 5.97 Å². The molecule has 2 aromatic rings. The van der Waals surface area contributed by atoms with Crippen LogP contribution in [0.15, 0.2) is 60.7 Å². The Morgan fingerprint density at radius 1 is 1.09 bits per heavy atom. The van der Waals surface area contributed by atoms with Crippen LogP contribution in [-0.2, 0) is 20.9 Å². The smallest absolute Gasteiger partial charge is 0.357 e. The van der Waals surface area contributed by atoms with E-state index in [1.54, 1.807) is 17.2 Å². The standard InChI is InChI=1S/C18H19NO4/c20-18(16-9-5-2-6-10-16)23-19-11-12-21-17(13-19)22-14-15-7-3-1-4-8-15/h1-10,17H,11-14H2. The molecule has 0 amide bonds. The third-order valence-electron chi connectivity index (χ3n) is 3.50. The fourth-order valence-corrected chi connectivity index (χ4v) is 2.29. The second-order valence-corrected chi connectivity index (χ2v) is 5.23. The lowest BCUT2D eigenvalue weighted by atomic mass is 10.2. The molecule has 0 radical (unpaired) electrons. The maximum Gasteiger partial charge on any atom is 0.357 e. The van der Waals surface area contributed by atoms with Crippen molar-refractivity contribution in [2.24, 2.45) is 0 Å². The highest BCUT2D eigenvalue weighted by atomic mass is 16.7. The van der Waals surface area contributed by atoms with E-state index in [4.69, 9.17) is 14.3 Å². The third kappa shape index (κ3) is 4.63. The van der Waals surface area contributed by atoms with Crippen LogP contribution in [0, 0.1) is 0 Å². The Morgan fingerprint density at radius 3 is 2.52 bits per heavy atom. The molecule has 1 atom stereocenters. The van der Waals surface area contributed by atoms with Crippen molar-refractivity contribution in [3.63, 3.8) is 0 Å². The lowest BCUT2D eigenvalue weighted by molar-refractivity contribution is -0.244. The summed E-state index contributed by atoms with van der Waals surface area (Å²) < 4.78 is 11.3. The van der Waals surface area contributed by atoms with Crippen LogP contribution in [0.5, 0.6) is 0 Å². The normalized spacial score (nSPS) is 18.5. The highest BCUT2D eigenvalue weighted by Gasteiger charge is 2.24. The minimum Gasteiger partial charge on any atom is -0.364 e. The molecule has 1 heterocycles. The average Bonchev–Trinajstić information content (AvgIpc) is 2.62. The van der Waals surface area contributed by atoms with Crippen LogP contribution in [0.4, 0.5) is 0 Å². The molecule has 0 aliphatic carbocycles. The van der Waals surface area contributed by atoms with Gasteiger partial charge in [0.25, 0.3) is 0 Å². The van der Waals surface area contributed by atoms with Gasteiger partial charge in [0.05, 0.1) is 31.9 Å². The predicted molar refractivity (Wildman–Crippen MR) is 84.4 cm³/mol. The largest absolute Gasteiger partial charge is 0.364 e. The summed E-state index contributed by atoms with van der Waals surface area (Å²) in [5.41, 5.74) is 1.61. The van der Waals surface area contributed by atoms with Crippen LogP contribution in [-0.4, -0.2) is 37.0 Å². The minimum atomic E-state index is -0.410. The number of hydrogen-bond donors (Lipinski definition) is 0. The van der Waals surface area contributed by atoms with Crippen molar-refractivity contribution in [3.05, 3.63) is 71.8 Å². The summed E-state index contributed by atoms with van der Waals surface area (Å²) in [6, 6.07) is 18.8. The quantitative estimate of drug-likeness (QED) is 0.849. The maximum absolute atomic E-state index is 12.1. The third-order valence-corrected chi connectivity index (χ3v) is 3.50. The Hall–Kier alpha value is -2.21. The molecule has 1 aliphatic rings. The lowest BCUT2D eigenvalue weighted by Crippen LogP contribution is -2.44. The highest BCUT2D eigenvalue weighted by molar-refractivity contribution is 5.89. The van der Waals surface area contributed by atoms with Gasteiger partial charge in [-0.1, -0.05) is 48.5 Å². The van der Waals surface area contributed by atoms with Crippen molar-refractivity contribution in [2.45, 2.75) is 12.9 Å². The van der Waals surface area contributed by atoms with Gasteiger partial charge in [0, 0.05) is 0 Å². The van der Waals surface area contributed by atoms with E-state index >= 15 is 0 Å². The minimum absolute atomic E-state index is 0.366. The van der Waals surface area contributed by atoms with E-state index in [0.717, 1.165) is 5.56 Å². The van der Waals surface area contributed by atoms with Crippen LogP contribution in [0.25, 0.3) is 0 Å². The predicted octanol–water partition coefficient (Wildman–Crippen LogP) is 2.63. The van der Waals surface area contributed by atoms with Crippen LogP contribution >= 0.6 is 0 Å². The van der Waals surface area contributed by atoms with Gasteiger partial charge in [0.1, 0.15) is 0 Å². The first-order valence-electron chi connectivity index (χ1n) is 7.61. The van der Waals surface area contributed by atoms with Crippen molar-refractivity contribution in [3.8, 4) is 0 Å². The molecule has 3 rings (SSSR count). The Balaban J connectivity index is 1.49. The Kier molecular flexibility index (Phi) is 5.37. The molecule has 0 aromatic heterocycles. The van der Waals surface area contributed by atoms with E-state index < -0.39 is 6.29 Å². The summed E-state index contributed by atoms with van der Waals surface area (Å²) in [7, 11) is 0. The molecule has 1 aliphatic heterocycles. The summed E-state index contributed by atoms with van der Waals surface area (Å²) in [6.07, 6.45) is -0.410. The molecular weight excluding hydrogens is 294 g/mol. The fourth-order valence-electron chi connectivity index (χ4n) is 2.29. The van der Waals surface area contributed by atoms with Gasteiger partial charge in [-0.25, -0.2) is 4.79 Å². The molecule has 2 aromatic carbocycles. The second kappa shape index (κ2) is 7.87. The van der Waals surface area contributed by atoms with Crippen LogP contribution in [0.2, 0.25) is 0 Å². The molecule has 0 spiro atoms. The van der Waals surface area contributed by atoms with E-state index in [1.807, 2.05) is 48.5 Å². The van der Waals surface area contributed by atoms with Crippen molar-refractivity contribution < 1.29 is 19.1 Å². The van der Waals surface area contributed by atoms with E-state index in [0.29, 0.717) is 31.9 Å². The molecule has 5 nitrogen and oxygen atoms in total. The molecule has 5 heteroatoms. The molecule has 0 N–H and O–H groups in total. The van der Waals surface area contributed by atoms with Crippen LogP contribution in [0.3, 0.4) is 0 Å². The molecule has 0 bridgehead atoms. The van der Waals surface area contributed by atoms with Crippen molar-refractivity contribution in [2.75, 3.05) is 19.7 Å². The number of carbonyl (C=O) groups is 1. The van der Waals surface area contributed by atoms with Crippen molar-refractivity contribution in [1.82, 2.24) is 5.06 Å².